The Bertz CT molecular complexity index is 585. The molecule has 1 aromatic rings. The van der Waals surface area contributed by atoms with Gasteiger partial charge in [-0.05, 0) is 38.2 Å². The number of amides is 3. The van der Waals surface area contributed by atoms with Gasteiger partial charge in [0.1, 0.15) is 5.69 Å². The summed E-state index contributed by atoms with van der Waals surface area (Å²) in [5.74, 6) is -0.244. The predicted octanol–water partition coefficient (Wildman–Crippen LogP) is -0.183. The van der Waals surface area contributed by atoms with Crippen molar-refractivity contribution in [3.05, 3.63) is 18.0 Å². The van der Waals surface area contributed by atoms with E-state index < -0.39 is 0 Å². The first kappa shape index (κ1) is 18.7. The highest BCUT2D eigenvalue weighted by Gasteiger charge is 2.33. The number of aliphatic hydroxyl groups is 1. The number of aromatic amines is 1. The molecule has 2 fully saturated rings. The summed E-state index contributed by atoms with van der Waals surface area (Å²) in [5, 5.41) is 24.8. The van der Waals surface area contributed by atoms with E-state index in [0.717, 1.165) is 45.2 Å². The molecule has 0 bridgehead atoms. The van der Waals surface area contributed by atoms with E-state index in [-0.39, 0.29) is 24.1 Å². The first-order chi connectivity index (χ1) is 12.6. The van der Waals surface area contributed by atoms with Gasteiger partial charge in [0.25, 0.3) is 5.91 Å². The molecule has 2 heterocycles. The van der Waals surface area contributed by atoms with Gasteiger partial charge in [0.15, 0.2) is 0 Å². The Hall–Kier alpha value is -2.13. The minimum absolute atomic E-state index is 0.157. The average Bonchev–Trinajstić information content (AvgIpc) is 3.31. The third-order valence-corrected chi connectivity index (χ3v) is 5.22. The summed E-state index contributed by atoms with van der Waals surface area (Å²) in [6.07, 6.45) is 6.19. The highest BCUT2D eigenvalue weighted by Crippen LogP contribution is 2.26. The fraction of sp³-hybridized carbons (Fsp3) is 0.706. The standard InChI is InChI=1S/C17H28N6O3/c24-15-3-1-2-14(15)23-10-5-12(6-11-23)21-17(26)19-9-8-18-16(25)13-4-7-20-22-13/h4,7,12,14-15,24H,1-3,5-6,8-11H2,(H,18,25)(H,20,22)(H2,19,21,26). The van der Waals surface area contributed by atoms with Crippen molar-refractivity contribution in [2.45, 2.75) is 50.3 Å². The van der Waals surface area contributed by atoms with Gasteiger partial charge in [0, 0.05) is 44.5 Å². The molecular formula is C17H28N6O3. The number of nitrogens with one attached hydrogen (secondary N) is 4. The van der Waals surface area contributed by atoms with E-state index in [1.807, 2.05) is 0 Å². The van der Waals surface area contributed by atoms with Gasteiger partial charge in [-0.2, -0.15) is 5.10 Å². The molecule has 26 heavy (non-hydrogen) atoms. The number of hydrogen-bond donors (Lipinski definition) is 5. The van der Waals surface area contributed by atoms with Crippen LogP contribution in [0.4, 0.5) is 4.79 Å². The first-order valence-electron chi connectivity index (χ1n) is 9.37. The zero-order valence-corrected chi connectivity index (χ0v) is 14.9. The van der Waals surface area contributed by atoms with Crippen LogP contribution in [0.5, 0.6) is 0 Å². The molecule has 1 aromatic heterocycles. The summed E-state index contributed by atoms with van der Waals surface area (Å²) >= 11 is 0. The van der Waals surface area contributed by atoms with Gasteiger partial charge in [0.05, 0.1) is 6.10 Å². The molecule has 9 nitrogen and oxygen atoms in total. The lowest BCUT2D eigenvalue weighted by atomic mass is 10.0. The van der Waals surface area contributed by atoms with Crippen molar-refractivity contribution in [1.29, 1.82) is 0 Å². The topological polar surface area (TPSA) is 122 Å². The van der Waals surface area contributed by atoms with Crippen molar-refractivity contribution < 1.29 is 14.7 Å². The van der Waals surface area contributed by atoms with Crippen LogP contribution in [0.25, 0.3) is 0 Å². The van der Waals surface area contributed by atoms with Gasteiger partial charge in [-0.3, -0.25) is 14.8 Å². The summed E-state index contributed by atoms with van der Waals surface area (Å²) < 4.78 is 0. The fourth-order valence-electron chi connectivity index (χ4n) is 3.79. The molecule has 3 rings (SSSR count). The van der Waals surface area contributed by atoms with Crippen LogP contribution < -0.4 is 16.0 Å². The smallest absolute Gasteiger partial charge is 0.315 e. The number of carbonyl (C=O) groups is 2. The number of aliphatic hydroxyl groups excluding tert-OH is 1. The number of aromatic nitrogens is 2. The minimum atomic E-state index is -0.244. The number of carbonyl (C=O) groups excluding carboxylic acids is 2. The summed E-state index contributed by atoms with van der Waals surface area (Å²) in [7, 11) is 0. The van der Waals surface area contributed by atoms with Crippen LogP contribution in [0.2, 0.25) is 0 Å². The molecule has 0 spiro atoms. The van der Waals surface area contributed by atoms with Gasteiger partial charge < -0.3 is 21.1 Å². The zero-order chi connectivity index (χ0) is 18.4. The summed E-state index contributed by atoms with van der Waals surface area (Å²) in [5.41, 5.74) is 0.397. The molecule has 0 aromatic carbocycles. The first-order valence-corrected chi connectivity index (χ1v) is 9.37. The van der Waals surface area contributed by atoms with Gasteiger partial charge in [-0.25, -0.2) is 4.79 Å². The molecule has 9 heteroatoms. The van der Waals surface area contributed by atoms with Gasteiger partial charge in [0.2, 0.25) is 0 Å². The molecule has 2 unspecified atom stereocenters. The number of H-pyrrole nitrogens is 1. The zero-order valence-electron chi connectivity index (χ0n) is 14.9. The van der Waals surface area contributed by atoms with E-state index in [1.165, 1.54) is 6.20 Å². The maximum absolute atomic E-state index is 12.0. The molecule has 1 aliphatic heterocycles. The van der Waals surface area contributed by atoms with Crippen molar-refractivity contribution in [1.82, 2.24) is 31.0 Å². The lowest BCUT2D eigenvalue weighted by Crippen LogP contribution is -2.52. The Morgan fingerprint density at radius 1 is 1.19 bits per heavy atom. The molecule has 2 atom stereocenters. The molecule has 5 N–H and O–H groups in total. The Labute approximate surface area is 152 Å². The molecule has 2 aliphatic rings. The van der Waals surface area contributed by atoms with Crippen LogP contribution in [0.15, 0.2) is 12.3 Å². The second-order valence-corrected chi connectivity index (χ2v) is 7.00. The van der Waals surface area contributed by atoms with Gasteiger partial charge >= 0.3 is 6.03 Å². The monoisotopic (exact) mass is 364 g/mol. The molecule has 1 saturated heterocycles. The van der Waals surface area contributed by atoms with Crippen LogP contribution in [-0.4, -0.2) is 76.5 Å². The summed E-state index contributed by atoms with van der Waals surface area (Å²) in [6, 6.07) is 1.83. The summed E-state index contributed by atoms with van der Waals surface area (Å²) in [4.78, 5) is 26.0. The minimum Gasteiger partial charge on any atom is -0.391 e. The quantitative estimate of drug-likeness (QED) is 0.448. The maximum atomic E-state index is 12.0. The van der Waals surface area contributed by atoms with Gasteiger partial charge in [-0.1, -0.05) is 0 Å². The van der Waals surface area contributed by atoms with E-state index in [9.17, 15) is 14.7 Å². The van der Waals surface area contributed by atoms with Crippen molar-refractivity contribution in [3.63, 3.8) is 0 Å². The van der Waals surface area contributed by atoms with Crippen LogP contribution in [0, 0.1) is 0 Å². The van der Waals surface area contributed by atoms with E-state index in [4.69, 9.17) is 0 Å². The lowest BCUT2D eigenvalue weighted by Gasteiger charge is -2.37. The largest absolute Gasteiger partial charge is 0.391 e. The molecular weight excluding hydrogens is 336 g/mol. The molecule has 0 radical (unpaired) electrons. The third-order valence-electron chi connectivity index (χ3n) is 5.22. The van der Waals surface area contributed by atoms with Crippen molar-refractivity contribution >= 4 is 11.9 Å². The van der Waals surface area contributed by atoms with Crippen LogP contribution in [0.1, 0.15) is 42.6 Å². The lowest BCUT2D eigenvalue weighted by molar-refractivity contribution is 0.0535. The van der Waals surface area contributed by atoms with Crippen molar-refractivity contribution in [2.24, 2.45) is 0 Å². The van der Waals surface area contributed by atoms with Gasteiger partial charge in [-0.15, -0.1) is 0 Å². The van der Waals surface area contributed by atoms with Crippen molar-refractivity contribution in [2.75, 3.05) is 26.2 Å². The second-order valence-electron chi connectivity index (χ2n) is 7.00. The number of likely N-dealkylation sites (tertiary alicyclic amines) is 1. The SMILES string of the molecule is O=C(NCCNC(=O)c1ccn[nH]1)NC1CCN(C2CCCC2O)CC1. The maximum Gasteiger partial charge on any atom is 0.315 e. The van der Waals surface area contributed by atoms with E-state index in [2.05, 4.69) is 31.0 Å². The Morgan fingerprint density at radius 3 is 2.62 bits per heavy atom. The van der Waals surface area contributed by atoms with E-state index in [1.54, 1.807) is 6.07 Å². The normalized spacial score (nSPS) is 24.3. The van der Waals surface area contributed by atoms with E-state index in [0.29, 0.717) is 24.8 Å². The fourth-order valence-corrected chi connectivity index (χ4v) is 3.79. The average molecular weight is 364 g/mol. The Kier molecular flexibility index (Phi) is 6.45. The Morgan fingerprint density at radius 2 is 1.96 bits per heavy atom. The summed E-state index contributed by atoms with van der Waals surface area (Å²) in [6.45, 7) is 2.53. The van der Waals surface area contributed by atoms with Crippen LogP contribution >= 0.6 is 0 Å². The number of rotatable bonds is 6. The molecule has 1 aliphatic carbocycles. The van der Waals surface area contributed by atoms with Crippen molar-refractivity contribution in [3.8, 4) is 0 Å². The highest BCUT2D eigenvalue weighted by atomic mass is 16.3. The predicted molar refractivity (Wildman–Crippen MR) is 95.7 cm³/mol. The molecule has 144 valence electrons. The van der Waals surface area contributed by atoms with Crippen LogP contribution in [-0.2, 0) is 0 Å². The second kappa shape index (κ2) is 9.00. The molecule has 3 amide bonds. The van der Waals surface area contributed by atoms with Crippen LogP contribution in [0.3, 0.4) is 0 Å². The highest BCUT2D eigenvalue weighted by molar-refractivity contribution is 5.92. The number of urea groups is 1. The Balaban J connectivity index is 1.28. The number of hydrogen-bond acceptors (Lipinski definition) is 5. The molecule has 1 saturated carbocycles. The van der Waals surface area contributed by atoms with E-state index >= 15 is 0 Å². The third kappa shape index (κ3) is 4.95. The number of nitrogens with zero attached hydrogens (tertiary/aromatic N) is 2. The number of piperidine rings is 1.